The first kappa shape index (κ1) is 16.6. The third kappa shape index (κ3) is 2.47. The van der Waals surface area contributed by atoms with Crippen LogP contribution in [0, 0.1) is 0 Å². The Labute approximate surface area is 158 Å². The van der Waals surface area contributed by atoms with Gasteiger partial charge in [0.25, 0.3) is 0 Å². The van der Waals surface area contributed by atoms with Crippen LogP contribution in [-0.2, 0) is 12.0 Å². The lowest BCUT2D eigenvalue weighted by Crippen LogP contribution is -2.55. The van der Waals surface area contributed by atoms with E-state index >= 15 is 0 Å². The molecule has 1 nitrogen and oxygen atoms in total. The van der Waals surface area contributed by atoms with Crippen LogP contribution in [-0.4, -0.2) is 25.6 Å². The van der Waals surface area contributed by atoms with E-state index in [1.807, 2.05) is 0 Å². The summed E-state index contributed by atoms with van der Waals surface area (Å²) in [5.74, 6) is 0. The molecule has 0 amide bonds. The van der Waals surface area contributed by atoms with Gasteiger partial charge in [-0.25, -0.2) is 0 Å². The summed E-state index contributed by atoms with van der Waals surface area (Å²) in [4.78, 5) is 0. The van der Waals surface area contributed by atoms with E-state index in [0.717, 1.165) is 15.4 Å². The fourth-order valence-electron chi connectivity index (χ4n) is 4.36. The summed E-state index contributed by atoms with van der Waals surface area (Å²) in [6.07, 6.45) is 0.984. The highest BCUT2D eigenvalue weighted by atomic mass is 79.9. The number of fused-ring (bicyclic) bond motifs is 3. The van der Waals surface area contributed by atoms with E-state index in [1.54, 1.807) is 0 Å². The Hall–Kier alpha value is -1.90. The van der Waals surface area contributed by atoms with Crippen LogP contribution in [0.4, 0.5) is 0 Å². The molecule has 0 radical (unpaired) electrons. The van der Waals surface area contributed by atoms with Gasteiger partial charge in [-0.15, -0.1) is 0 Å². The summed E-state index contributed by atoms with van der Waals surface area (Å²) < 4.78 is 1.99. The number of halogens is 1. The molecule has 0 bridgehead atoms. The minimum atomic E-state index is -0.100. The molecule has 0 spiro atoms. The van der Waals surface area contributed by atoms with Gasteiger partial charge in [-0.3, -0.25) is 0 Å². The van der Waals surface area contributed by atoms with Gasteiger partial charge in [0.15, 0.2) is 5.54 Å². The molecule has 1 aliphatic carbocycles. The van der Waals surface area contributed by atoms with Crippen molar-refractivity contribution in [3.63, 3.8) is 0 Å². The Kier molecular flexibility index (Phi) is 3.86. The van der Waals surface area contributed by atoms with E-state index in [4.69, 9.17) is 0 Å². The molecular weight excluding hydrogens is 370 g/mol. The highest BCUT2D eigenvalue weighted by molar-refractivity contribution is 9.10. The van der Waals surface area contributed by atoms with Gasteiger partial charge in [-0.1, -0.05) is 76.6 Å². The SMILES string of the molecule is C[N+](C)(C)[C@]1(Cc2ccccc2)c2ccccc2-c2ccc(Br)cc21. The number of hydrogen-bond donors (Lipinski definition) is 0. The molecule has 4 rings (SSSR count). The van der Waals surface area contributed by atoms with Crippen LogP contribution >= 0.6 is 15.9 Å². The van der Waals surface area contributed by atoms with Gasteiger partial charge in [-0.05, 0) is 28.8 Å². The lowest BCUT2D eigenvalue weighted by atomic mass is 9.79. The van der Waals surface area contributed by atoms with E-state index in [2.05, 4.69) is 110 Å². The Balaban J connectivity index is 2.05. The lowest BCUT2D eigenvalue weighted by Gasteiger charge is -2.45. The molecule has 25 heavy (non-hydrogen) atoms. The minimum Gasteiger partial charge on any atom is -0.318 e. The van der Waals surface area contributed by atoms with E-state index in [-0.39, 0.29) is 5.54 Å². The first-order valence-corrected chi connectivity index (χ1v) is 9.48. The Morgan fingerprint density at radius 1 is 0.760 bits per heavy atom. The molecule has 3 aromatic carbocycles. The first-order valence-electron chi connectivity index (χ1n) is 8.69. The zero-order valence-corrected chi connectivity index (χ0v) is 16.5. The van der Waals surface area contributed by atoms with Crippen LogP contribution in [0.1, 0.15) is 16.7 Å². The van der Waals surface area contributed by atoms with Crippen LogP contribution in [0.3, 0.4) is 0 Å². The van der Waals surface area contributed by atoms with Crippen LogP contribution in [0.25, 0.3) is 11.1 Å². The van der Waals surface area contributed by atoms with Gasteiger partial charge in [0.2, 0.25) is 0 Å². The van der Waals surface area contributed by atoms with Gasteiger partial charge >= 0.3 is 0 Å². The maximum atomic E-state index is 3.71. The van der Waals surface area contributed by atoms with Gasteiger partial charge in [0, 0.05) is 22.0 Å². The van der Waals surface area contributed by atoms with Crippen LogP contribution in [0.2, 0.25) is 0 Å². The van der Waals surface area contributed by atoms with Crippen molar-refractivity contribution in [3.05, 3.63) is 94.0 Å². The van der Waals surface area contributed by atoms with Crippen molar-refractivity contribution in [2.75, 3.05) is 21.1 Å². The minimum absolute atomic E-state index is 0.100. The molecule has 0 saturated carbocycles. The average molecular weight is 393 g/mol. The summed E-state index contributed by atoms with van der Waals surface area (Å²) in [6.45, 7) is 0. The molecule has 0 heterocycles. The standard InChI is InChI=1S/C23H23BrN/c1-25(2,3)23(16-17-9-5-4-6-10-17)21-12-8-7-11-19(21)20-14-13-18(24)15-22(20)23/h4-15H,16H2,1-3H3/q+1/t23-/m1/s1. The summed E-state index contributed by atoms with van der Waals surface area (Å²) in [5.41, 5.74) is 6.85. The van der Waals surface area contributed by atoms with Gasteiger partial charge in [0.05, 0.1) is 21.1 Å². The maximum absolute atomic E-state index is 3.71. The largest absolute Gasteiger partial charge is 0.318 e. The zero-order valence-electron chi connectivity index (χ0n) is 15.0. The normalized spacial score (nSPS) is 18.7. The molecular formula is C23H23BrN+. The highest BCUT2D eigenvalue weighted by Gasteiger charge is 2.52. The second-order valence-electron chi connectivity index (χ2n) is 7.77. The topological polar surface area (TPSA) is 0 Å². The molecule has 0 fully saturated rings. The van der Waals surface area contributed by atoms with Crippen molar-refractivity contribution in [2.24, 2.45) is 0 Å². The first-order chi connectivity index (χ1) is 11.9. The summed E-state index contributed by atoms with van der Waals surface area (Å²) in [6, 6.07) is 26.5. The molecule has 0 unspecified atom stereocenters. The molecule has 1 aliphatic rings. The second-order valence-corrected chi connectivity index (χ2v) is 8.69. The number of likely N-dealkylation sites (N-methyl/N-ethyl adjacent to an activating group) is 1. The van der Waals surface area contributed by atoms with Crippen molar-refractivity contribution in [2.45, 2.75) is 12.0 Å². The molecule has 0 aliphatic heterocycles. The number of quaternary nitrogens is 1. The summed E-state index contributed by atoms with van der Waals surface area (Å²) in [5, 5.41) is 0. The van der Waals surface area contributed by atoms with Crippen molar-refractivity contribution in [3.8, 4) is 11.1 Å². The molecule has 2 heteroatoms. The van der Waals surface area contributed by atoms with E-state index in [9.17, 15) is 0 Å². The highest BCUT2D eigenvalue weighted by Crippen LogP contribution is 2.54. The Morgan fingerprint density at radius 3 is 2.12 bits per heavy atom. The number of hydrogen-bond acceptors (Lipinski definition) is 0. The third-order valence-corrected chi connectivity index (χ3v) is 6.03. The predicted molar refractivity (Wildman–Crippen MR) is 109 cm³/mol. The van der Waals surface area contributed by atoms with E-state index in [1.165, 1.54) is 27.8 Å². The smallest absolute Gasteiger partial charge is 0.155 e. The summed E-state index contributed by atoms with van der Waals surface area (Å²) in [7, 11) is 6.95. The van der Waals surface area contributed by atoms with Crippen molar-refractivity contribution in [1.82, 2.24) is 0 Å². The summed E-state index contributed by atoms with van der Waals surface area (Å²) >= 11 is 3.71. The van der Waals surface area contributed by atoms with Crippen LogP contribution < -0.4 is 0 Å². The lowest BCUT2D eigenvalue weighted by molar-refractivity contribution is -0.924. The maximum Gasteiger partial charge on any atom is 0.155 e. The number of rotatable bonds is 3. The molecule has 0 N–H and O–H groups in total. The molecule has 3 aromatic rings. The van der Waals surface area contributed by atoms with Crippen LogP contribution in [0.15, 0.2) is 77.3 Å². The second kappa shape index (κ2) is 5.82. The van der Waals surface area contributed by atoms with E-state index in [0.29, 0.717) is 0 Å². The van der Waals surface area contributed by atoms with Gasteiger partial charge in [0.1, 0.15) is 0 Å². The van der Waals surface area contributed by atoms with Gasteiger partial charge in [-0.2, -0.15) is 0 Å². The van der Waals surface area contributed by atoms with E-state index < -0.39 is 0 Å². The molecule has 0 aromatic heterocycles. The fraction of sp³-hybridized carbons (Fsp3) is 0.217. The predicted octanol–water partition coefficient (Wildman–Crippen LogP) is 5.62. The monoisotopic (exact) mass is 392 g/mol. The fourth-order valence-corrected chi connectivity index (χ4v) is 4.72. The average Bonchev–Trinajstić information content (AvgIpc) is 2.86. The van der Waals surface area contributed by atoms with Crippen molar-refractivity contribution < 1.29 is 4.48 Å². The van der Waals surface area contributed by atoms with Crippen LogP contribution in [0.5, 0.6) is 0 Å². The van der Waals surface area contributed by atoms with Gasteiger partial charge < -0.3 is 4.48 Å². The number of nitrogens with zero attached hydrogens (tertiary/aromatic N) is 1. The Bertz CT molecular complexity index is 924. The zero-order chi connectivity index (χ0) is 17.7. The molecule has 1 atom stereocenters. The van der Waals surface area contributed by atoms with Crippen molar-refractivity contribution in [1.29, 1.82) is 0 Å². The number of benzene rings is 3. The molecule has 0 saturated heterocycles. The van der Waals surface area contributed by atoms with Crippen molar-refractivity contribution >= 4 is 15.9 Å². The quantitative estimate of drug-likeness (QED) is 0.507. The Morgan fingerprint density at radius 2 is 1.40 bits per heavy atom. The molecule has 126 valence electrons. The third-order valence-electron chi connectivity index (χ3n) is 5.54.